The van der Waals surface area contributed by atoms with E-state index in [-0.39, 0.29) is 0 Å². The molecule has 0 saturated carbocycles. The van der Waals surface area contributed by atoms with Crippen LogP contribution in [0.25, 0.3) is 11.2 Å². The first-order valence-electron chi connectivity index (χ1n) is 6.62. The molecule has 3 aromatic heterocycles. The summed E-state index contributed by atoms with van der Waals surface area (Å²) in [5, 5.41) is 8.26. The Hall–Kier alpha value is -1.82. The number of fused-ring (bicyclic) bond motifs is 1. The molecule has 3 rings (SSSR count). The summed E-state index contributed by atoms with van der Waals surface area (Å²) < 4.78 is 9.28. The minimum Gasteiger partial charge on any atom is -0.359 e. The van der Waals surface area contributed by atoms with E-state index < -0.39 is 0 Å². The smallest absolute Gasteiger partial charge is 0.159 e. The van der Waals surface area contributed by atoms with E-state index in [2.05, 4.69) is 26.7 Å². The molecule has 3 heterocycles. The Morgan fingerprint density at radius 2 is 2.25 bits per heavy atom. The van der Waals surface area contributed by atoms with Gasteiger partial charge in [0.15, 0.2) is 11.4 Å². The van der Waals surface area contributed by atoms with Crippen molar-refractivity contribution in [3.05, 3.63) is 29.5 Å². The lowest BCUT2D eigenvalue weighted by atomic mass is 10.4. The van der Waals surface area contributed by atoms with E-state index in [4.69, 9.17) is 16.1 Å². The Labute approximate surface area is 121 Å². The van der Waals surface area contributed by atoms with E-state index in [1.807, 2.05) is 17.7 Å². The number of alkyl halides is 1. The molecule has 0 N–H and O–H groups in total. The van der Waals surface area contributed by atoms with Crippen molar-refractivity contribution in [3.63, 3.8) is 0 Å². The molecule has 0 aliphatic rings. The van der Waals surface area contributed by atoms with Crippen LogP contribution in [-0.2, 0) is 19.5 Å². The number of rotatable bonds is 5. The van der Waals surface area contributed by atoms with Crippen molar-refractivity contribution in [1.82, 2.24) is 24.5 Å². The Morgan fingerprint density at radius 3 is 2.90 bits per heavy atom. The number of nitrogens with zero attached hydrogens (tertiary/aromatic N) is 5. The molecule has 7 heteroatoms. The van der Waals surface area contributed by atoms with Gasteiger partial charge in [-0.15, -0.1) is 11.6 Å². The van der Waals surface area contributed by atoms with Gasteiger partial charge < -0.3 is 9.09 Å². The molecule has 0 spiro atoms. The predicted octanol–water partition coefficient (Wildman–Crippen LogP) is 2.38. The summed E-state index contributed by atoms with van der Waals surface area (Å²) >= 11 is 5.89. The van der Waals surface area contributed by atoms with Gasteiger partial charge in [0.1, 0.15) is 11.3 Å². The molecule has 0 unspecified atom stereocenters. The number of aryl methyl sites for hydroxylation is 3. The highest BCUT2D eigenvalue weighted by atomic mass is 35.5. The lowest BCUT2D eigenvalue weighted by molar-refractivity contribution is 0.375. The fraction of sp³-hybridized carbons (Fsp3) is 0.462. The topological polar surface area (TPSA) is 61.7 Å². The Balaban J connectivity index is 2.16. The molecular formula is C13H16ClN5O. The van der Waals surface area contributed by atoms with E-state index in [1.165, 1.54) is 0 Å². The van der Waals surface area contributed by atoms with Gasteiger partial charge in [0.05, 0.1) is 18.4 Å². The average Bonchev–Trinajstić information content (AvgIpc) is 3.12. The molecule has 0 aliphatic heterocycles. The number of hydrogen-bond acceptors (Lipinski definition) is 4. The predicted molar refractivity (Wildman–Crippen MR) is 76.0 cm³/mol. The van der Waals surface area contributed by atoms with Crippen LogP contribution in [0.2, 0.25) is 0 Å². The Kier molecular flexibility index (Phi) is 3.48. The normalized spacial score (nSPS) is 11.6. The van der Waals surface area contributed by atoms with Crippen molar-refractivity contribution in [2.75, 3.05) is 5.88 Å². The van der Waals surface area contributed by atoms with Crippen LogP contribution in [0.1, 0.15) is 24.2 Å². The van der Waals surface area contributed by atoms with Crippen molar-refractivity contribution < 1.29 is 4.52 Å². The molecule has 0 aromatic carbocycles. The molecule has 3 aromatic rings. The number of aromatic nitrogens is 5. The van der Waals surface area contributed by atoms with Crippen LogP contribution in [0.4, 0.5) is 0 Å². The zero-order valence-corrected chi connectivity index (χ0v) is 12.3. The van der Waals surface area contributed by atoms with E-state index in [0.717, 1.165) is 35.0 Å². The highest BCUT2D eigenvalue weighted by molar-refractivity contribution is 6.17. The molecule has 0 bridgehead atoms. The summed E-state index contributed by atoms with van der Waals surface area (Å²) in [7, 11) is 0. The molecule has 0 saturated heterocycles. The zero-order valence-electron chi connectivity index (χ0n) is 11.5. The van der Waals surface area contributed by atoms with Gasteiger partial charge in [-0.1, -0.05) is 5.16 Å². The monoisotopic (exact) mass is 293 g/mol. The molecule has 0 fully saturated rings. The molecule has 6 nitrogen and oxygen atoms in total. The fourth-order valence-electron chi connectivity index (χ4n) is 2.41. The third-order valence-electron chi connectivity index (χ3n) is 3.30. The highest BCUT2D eigenvalue weighted by Crippen LogP contribution is 2.21. The number of halogens is 1. The van der Waals surface area contributed by atoms with Crippen LogP contribution < -0.4 is 0 Å². The summed E-state index contributed by atoms with van der Waals surface area (Å²) in [6.45, 7) is 5.43. The lowest BCUT2D eigenvalue weighted by Gasteiger charge is -2.07. The highest BCUT2D eigenvalue weighted by Gasteiger charge is 2.18. The second kappa shape index (κ2) is 5.28. The van der Waals surface area contributed by atoms with Gasteiger partial charge in [0.2, 0.25) is 0 Å². The van der Waals surface area contributed by atoms with Crippen LogP contribution in [0.5, 0.6) is 0 Å². The maximum atomic E-state index is 5.89. The van der Waals surface area contributed by atoms with Crippen molar-refractivity contribution in [3.8, 4) is 0 Å². The van der Waals surface area contributed by atoms with Crippen molar-refractivity contribution in [1.29, 1.82) is 0 Å². The second-order valence-electron chi connectivity index (χ2n) is 4.61. The van der Waals surface area contributed by atoms with Crippen LogP contribution >= 0.6 is 11.6 Å². The summed E-state index contributed by atoms with van der Waals surface area (Å²) in [6.07, 6.45) is 2.36. The first kappa shape index (κ1) is 13.2. The maximum Gasteiger partial charge on any atom is 0.159 e. The fourth-order valence-corrected chi connectivity index (χ4v) is 2.58. The van der Waals surface area contributed by atoms with Crippen molar-refractivity contribution in [2.45, 2.75) is 33.4 Å². The molecular weight excluding hydrogens is 278 g/mol. The van der Waals surface area contributed by atoms with Gasteiger partial charge in [-0.05, 0) is 13.8 Å². The average molecular weight is 294 g/mol. The molecule has 0 amide bonds. The molecule has 0 aliphatic carbocycles. The first-order chi connectivity index (χ1) is 9.74. The molecule has 106 valence electrons. The first-order valence-corrected chi connectivity index (χ1v) is 7.16. The number of imidazole rings is 1. The van der Waals surface area contributed by atoms with Gasteiger partial charge in [-0.2, -0.15) is 5.10 Å². The van der Waals surface area contributed by atoms with Gasteiger partial charge in [0, 0.05) is 24.9 Å². The van der Waals surface area contributed by atoms with Gasteiger partial charge in [-0.25, -0.2) is 9.67 Å². The van der Waals surface area contributed by atoms with Gasteiger partial charge in [-0.3, -0.25) is 0 Å². The minimum absolute atomic E-state index is 0.536. The van der Waals surface area contributed by atoms with Crippen LogP contribution in [0.3, 0.4) is 0 Å². The van der Waals surface area contributed by atoms with E-state index in [1.54, 1.807) is 6.20 Å². The Bertz CT molecular complexity index is 713. The third-order valence-corrected chi connectivity index (χ3v) is 3.49. The minimum atomic E-state index is 0.536. The van der Waals surface area contributed by atoms with E-state index >= 15 is 0 Å². The van der Waals surface area contributed by atoms with Gasteiger partial charge >= 0.3 is 0 Å². The Morgan fingerprint density at radius 1 is 1.40 bits per heavy atom. The third kappa shape index (κ3) is 2.10. The summed E-state index contributed by atoms with van der Waals surface area (Å²) in [5.41, 5.74) is 2.89. The summed E-state index contributed by atoms with van der Waals surface area (Å²) in [4.78, 5) is 4.68. The lowest BCUT2D eigenvalue weighted by Crippen LogP contribution is -2.10. The molecule has 0 atom stereocenters. The quantitative estimate of drug-likeness (QED) is 0.678. The second-order valence-corrected chi connectivity index (χ2v) is 4.98. The van der Waals surface area contributed by atoms with Gasteiger partial charge in [0.25, 0.3) is 0 Å². The zero-order chi connectivity index (χ0) is 14.1. The van der Waals surface area contributed by atoms with Crippen LogP contribution in [0.15, 0.2) is 16.8 Å². The SMILES string of the molecule is CCn1nc(C)c2nc(CCCl)n(Cc3ccno3)c21. The summed E-state index contributed by atoms with van der Waals surface area (Å²) in [6, 6.07) is 1.86. The number of hydrogen-bond donors (Lipinski definition) is 0. The van der Waals surface area contributed by atoms with Crippen molar-refractivity contribution >= 4 is 22.8 Å². The van der Waals surface area contributed by atoms with E-state index in [0.29, 0.717) is 18.8 Å². The standard InChI is InChI=1S/C13H16ClN5O/c1-3-19-13-12(9(2)17-19)16-11(4-6-14)18(13)8-10-5-7-15-20-10/h5,7H,3-4,6,8H2,1-2H3. The van der Waals surface area contributed by atoms with Crippen LogP contribution in [-0.4, -0.2) is 30.4 Å². The summed E-state index contributed by atoms with van der Waals surface area (Å²) in [5.74, 6) is 2.28. The largest absolute Gasteiger partial charge is 0.359 e. The van der Waals surface area contributed by atoms with E-state index in [9.17, 15) is 0 Å². The van der Waals surface area contributed by atoms with Crippen molar-refractivity contribution in [2.24, 2.45) is 0 Å². The molecule has 20 heavy (non-hydrogen) atoms. The maximum absolute atomic E-state index is 5.89. The molecule has 0 radical (unpaired) electrons. The van der Waals surface area contributed by atoms with Crippen LogP contribution in [0, 0.1) is 6.92 Å².